The summed E-state index contributed by atoms with van der Waals surface area (Å²) in [6, 6.07) is 11.4. The Labute approximate surface area is 168 Å². The van der Waals surface area contributed by atoms with Crippen molar-refractivity contribution in [1.82, 2.24) is 19.6 Å². The number of aromatic nitrogens is 4. The van der Waals surface area contributed by atoms with E-state index < -0.39 is 0 Å². The van der Waals surface area contributed by atoms with Crippen LogP contribution in [0.3, 0.4) is 0 Å². The predicted molar refractivity (Wildman–Crippen MR) is 110 cm³/mol. The summed E-state index contributed by atoms with van der Waals surface area (Å²) in [5, 5.41) is 9.56. The summed E-state index contributed by atoms with van der Waals surface area (Å²) in [6.45, 7) is 0.568. The Bertz CT molecular complexity index is 1030. The minimum atomic E-state index is -0.0913. The zero-order chi connectivity index (χ0) is 19.7. The number of halogens is 1. The van der Waals surface area contributed by atoms with E-state index >= 15 is 0 Å². The molecule has 0 radical (unpaired) electrons. The molecule has 28 heavy (non-hydrogen) atoms. The number of aryl methyl sites for hydroxylation is 1. The lowest BCUT2D eigenvalue weighted by molar-refractivity contribution is 0.222. The maximum atomic E-state index is 12.5. The van der Waals surface area contributed by atoms with Gasteiger partial charge in [-0.15, -0.1) is 0 Å². The standard InChI is InChI=1S/C21H24ClN5O/c1-26-13-15(12-24-26)19-5-6-20(28)27(25-19)18-7-9-21(14-23,10-8-18)16-3-2-4-17(22)11-16/h2-6,11-13,18H,7-10,14,23H2,1H3. The van der Waals surface area contributed by atoms with Gasteiger partial charge in [-0.3, -0.25) is 9.48 Å². The second-order valence-corrected chi connectivity index (χ2v) is 8.07. The molecule has 0 bridgehead atoms. The molecule has 7 heteroatoms. The van der Waals surface area contributed by atoms with E-state index in [0.717, 1.165) is 42.0 Å². The highest BCUT2D eigenvalue weighted by atomic mass is 35.5. The van der Waals surface area contributed by atoms with Gasteiger partial charge in [0.25, 0.3) is 5.56 Å². The van der Waals surface area contributed by atoms with E-state index in [2.05, 4.69) is 16.3 Å². The molecule has 2 aromatic heterocycles. The number of hydrogen-bond acceptors (Lipinski definition) is 4. The van der Waals surface area contributed by atoms with Crippen molar-refractivity contribution in [3.63, 3.8) is 0 Å². The van der Waals surface area contributed by atoms with E-state index in [9.17, 15) is 4.79 Å². The third-order valence-electron chi connectivity index (χ3n) is 5.91. The summed E-state index contributed by atoms with van der Waals surface area (Å²) in [4.78, 5) is 12.5. The lowest BCUT2D eigenvalue weighted by Crippen LogP contribution is -2.41. The summed E-state index contributed by atoms with van der Waals surface area (Å²) >= 11 is 6.20. The van der Waals surface area contributed by atoms with E-state index in [1.54, 1.807) is 27.7 Å². The first-order valence-corrected chi connectivity index (χ1v) is 9.93. The molecule has 1 aromatic carbocycles. The summed E-state index contributed by atoms with van der Waals surface area (Å²) in [7, 11) is 1.86. The Hall–Kier alpha value is -2.44. The summed E-state index contributed by atoms with van der Waals surface area (Å²) in [5.41, 5.74) is 8.89. The van der Waals surface area contributed by atoms with Gasteiger partial charge in [-0.2, -0.15) is 10.2 Å². The predicted octanol–water partition coefficient (Wildman–Crippen LogP) is 3.31. The molecule has 0 spiro atoms. The van der Waals surface area contributed by atoms with Crippen LogP contribution in [0.4, 0.5) is 0 Å². The van der Waals surface area contributed by atoms with Crippen molar-refractivity contribution in [3.8, 4) is 11.3 Å². The SMILES string of the molecule is Cn1cc(-c2ccc(=O)n(C3CCC(CN)(c4cccc(Cl)c4)CC3)n2)cn1. The van der Waals surface area contributed by atoms with Crippen molar-refractivity contribution < 1.29 is 0 Å². The smallest absolute Gasteiger partial charge is 0.267 e. The molecular weight excluding hydrogens is 374 g/mol. The minimum Gasteiger partial charge on any atom is -0.330 e. The number of nitrogens with two attached hydrogens (primary N) is 1. The van der Waals surface area contributed by atoms with Gasteiger partial charge in [0.2, 0.25) is 0 Å². The Morgan fingerprint density at radius 2 is 2.04 bits per heavy atom. The molecule has 1 saturated carbocycles. The Kier molecular flexibility index (Phi) is 5.08. The van der Waals surface area contributed by atoms with Crippen LogP contribution >= 0.6 is 11.6 Å². The van der Waals surface area contributed by atoms with E-state index in [4.69, 9.17) is 17.3 Å². The fourth-order valence-electron chi connectivity index (χ4n) is 4.22. The van der Waals surface area contributed by atoms with Crippen molar-refractivity contribution in [2.24, 2.45) is 12.8 Å². The minimum absolute atomic E-state index is 0.0688. The van der Waals surface area contributed by atoms with Crippen molar-refractivity contribution in [2.45, 2.75) is 37.1 Å². The van der Waals surface area contributed by atoms with E-state index in [1.165, 1.54) is 5.56 Å². The molecule has 6 nitrogen and oxygen atoms in total. The van der Waals surface area contributed by atoms with Gasteiger partial charge in [-0.05, 0) is 49.4 Å². The quantitative estimate of drug-likeness (QED) is 0.732. The third kappa shape index (κ3) is 3.50. The van der Waals surface area contributed by atoms with Crippen LogP contribution in [0.2, 0.25) is 5.02 Å². The molecule has 3 aromatic rings. The number of hydrogen-bond donors (Lipinski definition) is 1. The largest absolute Gasteiger partial charge is 0.330 e. The Balaban J connectivity index is 1.59. The molecule has 2 heterocycles. The zero-order valence-electron chi connectivity index (χ0n) is 15.9. The molecule has 0 amide bonds. The topological polar surface area (TPSA) is 78.7 Å². The van der Waals surface area contributed by atoms with Crippen molar-refractivity contribution in [3.05, 3.63) is 69.7 Å². The van der Waals surface area contributed by atoms with Crippen molar-refractivity contribution >= 4 is 11.6 Å². The molecular formula is C21H24ClN5O. The average molecular weight is 398 g/mol. The fraction of sp³-hybridized carbons (Fsp3) is 0.381. The van der Waals surface area contributed by atoms with Gasteiger partial charge < -0.3 is 5.73 Å². The molecule has 0 atom stereocenters. The van der Waals surface area contributed by atoms with Crippen molar-refractivity contribution in [1.29, 1.82) is 0 Å². The van der Waals surface area contributed by atoms with Gasteiger partial charge in [-0.25, -0.2) is 4.68 Å². The van der Waals surface area contributed by atoms with Crippen LogP contribution in [0.15, 0.2) is 53.6 Å². The second kappa shape index (κ2) is 7.53. The van der Waals surface area contributed by atoms with Crippen molar-refractivity contribution in [2.75, 3.05) is 6.54 Å². The van der Waals surface area contributed by atoms with E-state index in [0.29, 0.717) is 6.54 Å². The maximum Gasteiger partial charge on any atom is 0.267 e. The lowest BCUT2D eigenvalue weighted by Gasteiger charge is -2.40. The summed E-state index contributed by atoms with van der Waals surface area (Å²) in [5.74, 6) is 0. The highest BCUT2D eigenvalue weighted by molar-refractivity contribution is 6.30. The van der Waals surface area contributed by atoms with Gasteiger partial charge in [0.05, 0.1) is 17.9 Å². The number of benzene rings is 1. The molecule has 0 aliphatic heterocycles. The average Bonchev–Trinajstić information content (AvgIpc) is 3.15. The number of nitrogens with zero attached hydrogens (tertiary/aromatic N) is 4. The summed E-state index contributed by atoms with van der Waals surface area (Å²) in [6.07, 6.45) is 7.17. The van der Waals surface area contributed by atoms with Crippen LogP contribution in [0.1, 0.15) is 37.3 Å². The molecule has 146 valence electrons. The van der Waals surface area contributed by atoms with Gasteiger partial charge in [0.1, 0.15) is 0 Å². The zero-order valence-corrected chi connectivity index (χ0v) is 16.6. The van der Waals surface area contributed by atoms with E-state index in [-0.39, 0.29) is 17.0 Å². The third-order valence-corrected chi connectivity index (χ3v) is 6.15. The molecule has 1 aliphatic rings. The van der Waals surface area contributed by atoms with Gasteiger partial charge >= 0.3 is 0 Å². The second-order valence-electron chi connectivity index (χ2n) is 7.63. The molecule has 0 unspecified atom stereocenters. The van der Waals surface area contributed by atoms with Crippen LogP contribution in [-0.2, 0) is 12.5 Å². The highest BCUT2D eigenvalue weighted by Crippen LogP contribution is 2.42. The summed E-state index contributed by atoms with van der Waals surface area (Å²) < 4.78 is 3.37. The van der Waals surface area contributed by atoms with Crippen LogP contribution in [0.5, 0.6) is 0 Å². The van der Waals surface area contributed by atoms with Crippen LogP contribution < -0.4 is 11.3 Å². The first-order chi connectivity index (χ1) is 13.5. The highest BCUT2D eigenvalue weighted by Gasteiger charge is 2.37. The molecule has 2 N–H and O–H groups in total. The van der Waals surface area contributed by atoms with Crippen LogP contribution in [0, 0.1) is 0 Å². The van der Waals surface area contributed by atoms with Crippen LogP contribution in [-0.4, -0.2) is 26.1 Å². The first kappa shape index (κ1) is 18.9. The fourth-order valence-corrected chi connectivity index (χ4v) is 4.41. The first-order valence-electron chi connectivity index (χ1n) is 9.56. The Morgan fingerprint density at radius 1 is 1.25 bits per heavy atom. The Morgan fingerprint density at radius 3 is 2.68 bits per heavy atom. The van der Waals surface area contributed by atoms with Crippen LogP contribution in [0.25, 0.3) is 11.3 Å². The van der Waals surface area contributed by atoms with E-state index in [1.807, 2.05) is 31.4 Å². The molecule has 4 rings (SSSR count). The molecule has 0 saturated heterocycles. The molecule has 1 aliphatic carbocycles. The normalized spacial score (nSPS) is 22.3. The van der Waals surface area contributed by atoms with Gasteiger partial charge in [-0.1, -0.05) is 23.7 Å². The monoisotopic (exact) mass is 397 g/mol. The number of rotatable bonds is 4. The lowest BCUT2D eigenvalue weighted by atomic mass is 9.68. The maximum absolute atomic E-state index is 12.5. The van der Waals surface area contributed by atoms with Gasteiger partial charge in [0.15, 0.2) is 0 Å². The van der Waals surface area contributed by atoms with Gasteiger partial charge in [0, 0.05) is 41.9 Å². The molecule has 1 fully saturated rings.